The standard InChI is InChI=1S/C19H14ClN5O6S2/c20-14-10(23-19(33-14)21-8-26)13(27)15(28)22-11-16(29)25-12(18(30)31)9(7-32-17(11)25)6-24-4-2-1-3-5-24/h1-5,8,11,17H,6-7H2,(H2-,21,22,23,26,28,30,31)/p+1/t11-,17-/m1/s1. The maximum atomic E-state index is 12.8. The van der Waals surface area contributed by atoms with E-state index in [2.05, 4.69) is 15.6 Å². The van der Waals surface area contributed by atoms with E-state index in [1.54, 1.807) is 17.0 Å². The third-order valence-corrected chi connectivity index (χ3v) is 7.40. The van der Waals surface area contributed by atoms with E-state index in [-0.39, 0.29) is 20.9 Å². The van der Waals surface area contributed by atoms with Crippen LogP contribution < -0.4 is 15.2 Å². The highest BCUT2D eigenvalue weighted by Crippen LogP contribution is 2.40. The number of nitrogens with zero attached hydrogens (tertiary/aromatic N) is 3. The van der Waals surface area contributed by atoms with Gasteiger partial charge < -0.3 is 15.7 Å². The van der Waals surface area contributed by atoms with Gasteiger partial charge in [0.25, 0.3) is 17.6 Å². The molecule has 1 fully saturated rings. The first-order valence-corrected chi connectivity index (χ1v) is 11.6. The molecule has 11 nitrogen and oxygen atoms in total. The van der Waals surface area contributed by atoms with Crippen molar-refractivity contribution in [3.8, 4) is 0 Å². The van der Waals surface area contributed by atoms with Crippen molar-refractivity contribution in [2.24, 2.45) is 0 Å². The predicted octanol–water partition coefficient (Wildman–Crippen LogP) is 0.274. The normalized spacial score (nSPS) is 19.4. The molecule has 0 aliphatic carbocycles. The Morgan fingerprint density at radius 1 is 1.30 bits per heavy atom. The molecular formula is C19H15ClN5O6S2+. The Morgan fingerprint density at radius 3 is 2.70 bits per heavy atom. The van der Waals surface area contributed by atoms with Crippen molar-refractivity contribution in [3.63, 3.8) is 0 Å². The molecule has 1 saturated heterocycles. The van der Waals surface area contributed by atoms with Crippen LogP contribution >= 0.6 is 34.7 Å². The number of carboxylic acids is 1. The van der Waals surface area contributed by atoms with Gasteiger partial charge in [0.1, 0.15) is 27.1 Å². The van der Waals surface area contributed by atoms with Crippen molar-refractivity contribution >= 4 is 69.8 Å². The van der Waals surface area contributed by atoms with Crippen molar-refractivity contribution in [2.45, 2.75) is 18.0 Å². The number of amides is 3. The summed E-state index contributed by atoms with van der Waals surface area (Å²) in [5.41, 5.74) is 0.0828. The fraction of sp³-hybridized carbons (Fsp3) is 0.211. The van der Waals surface area contributed by atoms with Gasteiger partial charge in [0, 0.05) is 23.5 Å². The first-order valence-electron chi connectivity index (χ1n) is 9.37. The second-order valence-corrected chi connectivity index (χ2v) is 9.60. The number of rotatable bonds is 8. The van der Waals surface area contributed by atoms with Crippen LogP contribution in [0.5, 0.6) is 0 Å². The summed E-state index contributed by atoms with van der Waals surface area (Å²) in [6.07, 6.45) is 3.92. The number of Topliss-reactive ketones (excluding diaryl/α,β-unsaturated/α-hetero) is 1. The third-order valence-electron chi connectivity index (χ3n) is 4.88. The van der Waals surface area contributed by atoms with Crippen LogP contribution in [0, 0.1) is 0 Å². The lowest BCUT2D eigenvalue weighted by Crippen LogP contribution is -2.71. The molecule has 2 aromatic heterocycles. The molecule has 4 heterocycles. The Hall–Kier alpha value is -3.29. The van der Waals surface area contributed by atoms with Crippen LogP contribution in [0.1, 0.15) is 10.5 Å². The van der Waals surface area contributed by atoms with E-state index < -0.39 is 35.0 Å². The van der Waals surface area contributed by atoms with Gasteiger partial charge in [-0.25, -0.2) is 14.3 Å². The van der Waals surface area contributed by atoms with Gasteiger partial charge >= 0.3 is 5.97 Å². The van der Waals surface area contributed by atoms with E-state index in [1.807, 2.05) is 18.2 Å². The number of carbonyl (C=O) groups excluding carboxylic acids is 4. The number of hydrogen-bond donors (Lipinski definition) is 3. The summed E-state index contributed by atoms with van der Waals surface area (Å²) >= 11 is 8.02. The lowest BCUT2D eigenvalue weighted by molar-refractivity contribution is -0.689. The van der Waals surface area contributed by atoms with Crippen molar-refractivity contribution < 1.29 is 33.6 Å². The topological polar surface area (TPSA) is 150 Å². The minimum atomic E-state index is -1.24. The van der Waals surface area contributed by atoms with E-state index in [9.17, 15) is 29.1 Å². The third kappa shape index (κ3) is 4.34. The number of thioether (sulfide) groups is 1. The van der Waals surface area contributed by atoms with Crippen molar-refractivity contribution in [2.75, 3.05) is 11.1 Å². The summed E-state index contributed by atoms with van der Waals surface area (Å²) in [4.78, 5) is 65.0. The zero-order valence-electron chi connectivity index (χ0n) is 16.6. The maximum absolute atomic E-state index is 12.8. The lowest BCUT2D eigenvalue weighted by atomic mass is 10.0. The fourth-order valence-corrected chi connectivity index (χ4v) is 5.76. The van der Waals surface area contributed by atoms with Crippen LogP contribution in [-0.4, -0.2) is 62.1 Å². The van der Waals surface area contributed by atoms with Crippen LogP contribution in [-0.2, 0) is 25.7 Å². The molecule has 14 heteroatoms. The van der Waals surface area contributed by atoms with Gasteiger partial charge in [-0.15, -0.1) is 11.8 Å². The van der Waals surface area contributed by atoms with Gasteiger partial charge in [-0.1, -0.05) is 29.0 Å². The molecule has 4 rings (SSSR count). The minimum absolute atomic E-state index is 0.0416. The van der Waals surface area contributed by atoms with E-state index in [0.29, 0.717) is 24.3 Å². The number of β-lactam (4-membered cyclic amide) rings is 1. The predicted molar refractivity (Wildman–Crippen MR) is 117 cm³/mol. The Kier molecular flexibility index (Phi) is 6.44. The number of thiazole rings is 1. The molecule has 2 aromatic rings. The summed E-state index contributed by atoms with van der Waals surface area (Å²) < 4.78 is 1.71. The highest BCUT2D eigenvalue weighted by atomic mass is 35.5. The molecule has 0 unspecified atom stereocenters. The number of aromatic nitrogens is 2. The molecule has 170 valence electrons. The summed E-state index contributed by atoms with van der Waals surface area (Å²) in [5.74, 6) is -3.72. The quantitative estimate of drug-likeness (QED) is 0.151. The van der Waals surface area contributed by atoms with Crippen LogP contribution in [0.3, 0.4) is 0 Å². The molecule has 2 aliphatic heterocycles. The van der Waals surface area contributed by atoms with Gasteiger partial charge in [0.15, 0.2) is 24.1 Å². The number of aliphatic carboxylic acids is 1. The highest BCUT2D eigenvalue weighted by molar-refractivity contribution is 8.00. The molecule has 0 radical (unpaired) electrons. The van der Waals surface area contributed by atoms with Gasteiger partial charge in [-0.05, 0) is 0 Å². The molecule has 33 heavy (non-hydrogen) atoms. The van der Waals surface area contributed by atoms with Gasteiger partial charge in [-0.3, -0.25) is 24.1 Å². The number of pyridine rings is 1. The Labute approximate surface area is 199 Å². The largest absolute Gasteiger partial charge is 0.477 e. The molecule has 2 atom stereocenters. The van der Waals surface area contributed by atoms with E-state index >= 15 is 0 Å². The van der Waals surface area contributed by atoms with Crippen LogP contribution in [0.15, 0.2) is 41.9 Å². The van der Waals surface area contributed by atoms with Gasteiger partial charge in [0.05, 0.1) is 0 Å². The van der Waals surface area contributed by atoms with Crippen LogP contribution in [0.25, 0.3) is 0 Å². The lowest BCUT2D eigenvalue weighted by Gasteiger charge is -2.49. The van der Waals surface area contributed by atoms with E-state index in [1.165, 1.54) is 11.8 Å². The van der Waals surface area contributed by atoms with Crippen molar-refractivity contribution in [1.82, 2.24) is 15.2 Å². The van der Waals surface area contributed by atoms with Crippen molar-refractivity contribution in [3.05, 3.63) is 51.9 Å². The Balaban J connectivity index is 1.49. The summed E-state index contributed by atoms with van der Waals surface area (Å²) in [5, 5.41) is 13.7. The number of carboxylic acid groups (broad SMARTS) is 1. The molecule has 3 amide bonds. The van der Waals surface area contributed by atoms with Gasteiger partial charge in [-0.2, -0.15) is 0 Å². The number of anilines is 1. The van der Waals surface area contributed by atoms with Crippen LogP contribution in [0.2, 0.25) is 4.34 Å². The summed E-state index contributed by atoms with van der Waals surface area (Å²) in [6.45, 7) is 0.293. The number of hydrogen-bond acceptors (Lipinski definition) is 8. The van der Waals surface area contributed by atoms with E-state index in [0.717, 1.165) is 16.2 Å². The molecular weight excluding hydrogens is 494 g/mol. The molecule has 0 aromatic carbocycles. The van der Waals surface area contributed by atoms with Gasteiger partial charge in [0.2, 0.25) is 6.41 Å². The zero-order chi connectivity index (χ0) is 23.7. The highest BCUT2D eigenvalue weighted by Gasteiger charge is 2.55. The maximum Gasteiger partial charge on any atom is 0.352 e. The molecule has 0 bridgehead atoms. The minimum Gasteiger partial charge on any atom is -0.477 e. The first kappa shape index (κ1) is 22.9. The van der Waals surface area contributed by atoms with E-state index in [4.69, 9.17) is 11.6 Å². The summed E-state index contributed by atoms with van der Waals surface area (Å²) in [7, 11) is 0. The molecule has 2 aliphatic rings. The Morgan fingerprint density at radius 2 is 2.03 bits per heavy atom. The summed E-state index contributed by atoms with van der Waals surface area (Å²) in [6, 6.07) is 4.38. The molecule has 3 N–H and O–H groups in total. The first-order chi connectivity index (χ1) is 15.8. The smallest absolute Gasteiger partial charge is 0.352 e. The second-order valence-electron chi connectivity index (χ2n) is 6.90. The second kappa shape index (κ2) is 9.29. The number of fused-ring (bicyclic) bond motifs is 1. The Bertz CT molecular complexity index is 1200. The number of ketones is 1. The van der Waals surface area contributed by atoms with Crippen LogP contribution in [0.4, 0.5) is 5.13 Å². The average Bonchev–Trinajstić information content (AvgIpc) is 3.17. The van der Waals surface area contributed by atoms with Crippen molar-refractivity contribution in [1.29, 1.82) is 0 Å². The number of nitrogens with one attached hydrogen (secondary N) is 2. The average molecular weight is 509 g/mol. The molecule has 0 spiro atoms. The number of carbonyl (C=O) groups is 5. The number of halogens is 1. The zero-order valence-corrected chi connectivity index (χ0v) is 18.9. The monoisotopic (exact) mass is 508 g/mol. The SMILES string of the molecule is O=CNc1nc(C(=O)C(=O)N[C@@H]2C(=O)N3C(C(=O)O)=C(C[n+]4ccccc4)CS[C@H]23)c(Cl)s1. The molecule has 0 saturated carbocycles. The fourth-order valence-electron chi connectivity index (χ4n) is 3.43.